The van der Waals surface area contributed by atoms with Crippen LogP contribution in [0.4, 0.5) is 4.39 Å². The van der Waals surface area contributed by atoms with Gasteiger partial charge in [0.05, 0.1) is 17.2 Å². The van der Waals surface area contributed by atoms with E-state index in [0.717, 1.165) is 12.3 Å². The van der Waals surface area contributed by atoms with Crippen molar-refractivity contribution in [3.8, 4) is 5.75 Å². The van der Waals surface area contributed by atoms with Crippen LogP contribution in [0.2, 0.25) is 5.02 Å². The number of halogens is 2. The summed E-state index contributed by atoms with van der Waals surface area (Å²) in [5, 5.41) is -0.0595. The minimum absolute atomic E-state index is 0.0541. The fraction of sp³-hybridized carbons (Fsp3) is 0.462. The van der Waals surface area contributed by atoms with Gasteiger partial charge >= 0.3 is 5.97 Å². The molecule has 5 nitrogen and oxygen atoms in total. The number of benzene rings is 1. The number of sulfonamides is 1. The molecule has 0 N–H and O–H groups in total. The number of carbonyl (C=O) groups is 1. The number of rotatable bonds is 3. The first-order chi connectivity index (χ1) is 9.77. The summed E-state index contributed by atoms with van der Waals surface area (Å²) in [6, 6.07) is 3.71. The predicted molar refractivity (Wildman–Crippen MR) is 76.2 cm³/mol. The third-order valence-corrected chi connectivity index (χ3v) is 4.87. The van der Waals surface area contributed by atoms with Crippen LogP contribution in [0, 0.1) is 11.7 Å². The van der Waals surface area contributed by atoms with Gasteiger partial charge in [0, 0.05) is 19.2 Å². The lowest BCUT2D eigenvalue weighted by molar-refractivity contribution is -0.140. The van der Waals surface area contributed by atoms with Crippen LogP contribution in [0.1, 0.15) is 12.8 Å². The maximum atomic E-state index is 13.3. The van der Waals surface area contributed by atoms with Gasteiger partial charge in [-0.15, -0.1) is 0 Å². The highest BCUT2D eigenvalue weighted by molar-refractivity contribution is 7.88. The zero-order valence-electron chi connectivity index (χ0n) is 11.4. The molecule has 0 saturated carbocycles. The zero-order chi connectivity index (χ0) is 15.6. The Morgan fingerprint density at radius 2 is 2.19 bits per heavy atom. The van der Waals surface area contributed by atoms with E-state index in [-0.39, 0.29) is 17.3 Å². The maximum Gasteiger partial charge on any atom is 0.315 e. The molecule has 1 atom stereocenters. The van der Waals surface area contributed by atoms with E-state index in [1.807, 2.05) is 0 Å². The van der Waals surface area contributed by atoms with Gasteiger partial charge in [-0.25, -0.2) is 17.1 Å². The number of carbonyl (C=O) groups excluding carboxylic acids is 1. The number of hydrogen-bond donors (Lipinski definition) is 0. The third-order valence-electron chi connectivity index (χ3n) is 3.30. The van der Waals surface area contributed by atoms with Crippen LogP contribution >= 0.6 is 11.6 Å². The molecule has 21 heavy (non-hydrogen) atoms. The zero-order valence-corrected chi connectivity index (χ0v) is 13.0. The van der Waals surface area contributed by atoms with Crippen LogP contribution in [0.15, 0.2) is 18.2 Å². The standard InChI is InChI=1S/C13H15ClFNO4S/c1-21(18,19)16-6-2-3-9(8-16)13(17)20-10-4-5-11(14)12(15)7-10/h4-5,7,9H,2-3,6,8H2,1H3/t9-/m0/s1. The molecule has 1 aromatic rings. The summed E-state index contributed by atoms with van der Waals surface area (Å²) in [4.78, 5) is 12.0. The van der Waals surface area contributed by atoms with Crippen LogP contribution < -0.4 is 4.74 Å². The SMILES string of the molecule is CS(=O)(=O)N1CCC[C@H](C(=O)Oc2ccc(Cl)c(F)c2)C1. The van der Waals surface area contributed by atoms with Crippen molar-refractivity contribution in [1.82, 2.24) is 4.31 Å². The van der Waals surface area contributed by atoms with E-state index < -0.39 is 27.7 Å². The molecule has 0 aromatic heterocycles. The Morgan fingerprint density at radius 1 is 1.48 bits per heavy atom. The smallest absolute Gasteiger partial charge is 0.315 e. The highest BCUT2D eigenvalue weighted by atomic mass is 35.5. The van der Waals surface area contributed by atoms with Gasteiger partial charge in [-0.05, 0) is 25.0 Å². The first-order valence-electron chi connectivity index (χ1n) is 6.39. The number of nitrogens with zero attached hydrogens (tertiary/aromatic N) is 1. The van der Waals surface area contributed by atoms with E-state index >= 15 is 0 Å². The molecule has 1 saturated heterocycles. The predicted octanol–water partition coefficient (Wildman–Crippen LogP) is 2.06. The fourth-order valence-corrected chi connectivity index (χ4v) is 3.20. The van der Waals surface area contributed by atoms with Crippen molar-refractivity contribution >= 4 is 27.6 Å². The molecule has 1 aliphatic rings. The minimum Gasteiger partial charge on any atom is -0.426 e. The molecule has 0 amide bonds. The Bertz CT molecular complexity index is 650. The van der Waals surface area contributed by atoms with Gasteiger partial charge in [0.2, 0.25) is 10.0 Å². The summed E-state index contributed by atoms with van der Waals surface area (Å²) >= 11 is 5.55. The van der Waals surface area contributed by atoms with E-state index in [1.54, 1.807) is 0 Å². The second-order valence-corrected chi connectivity index (χ2v) is 7.35. The highest BCUT2D eigenvalue weighted by Crippen LogP contribution is 2.24. The minimum atomic E-state index is -3.33. The van der Waals surface area contributed by atoms with Crippen molar-refractivity contribution < 1.29 is 22.3 Å². The number of hydrogen-bond acceptors (Lipinski definition) is 4. The van der Waals surface area contributed by atoms with Crippen LogP contribution in [0.5, 0.6) is 5.75 Å². The van der Waals surface area contributed by atoms with Crippen LogP contribution in [-0.4, -0.2) is 38.0 Å². The highest BCUT2D eigenvalue weighted by Gasteiger charge is 2.31. The van der Waals surface area contributed by atoms with E-state index in [9.17, 15) is 17.6 Å². The topological polar surface area (TPSA) is 63.7 Å². The van der Waals surface area contributed by atoms with Crippen LogP contribution in [0.3, 0.4) is 0 Å². The molecule has 1 aliphatic heterocycles. The van der Waals surface area contributed by atoms with E-state index in [0.29, 0.717) is 19.4 Å². The van der Waals surface area contributed by atoms with Gasteiger partial charge in [0.15, 0.2) is 0 Å². The number of ether oxygens (including phenoxy) is 1. The third kappa shape index (κ3) is 4.15. The first-order valence-corrected chi connectivity index (χ1v) is 8.62. The van der Waals surface area contributed by atoms with E-state index in [1.165, 1.54) is 16.4 Å². The Labute approximate surface area is 127 Å². The monoisotopic (exact) mass is 335 g/mol. The molecule has 0 radical (unpaired) electrons. The quantitative estimate of drug-likeness (QED) is 0.626. The molecule has 116 valence electrons. The molecule has 0 bridgehead atoms. The molecule has 8 heteroatoms. The summed E-state index contributed by atoms with van der Waals surface area (Å²) in [6.07, 6.45) is 2.23. The molecule has 0 unspecified atom stereocenters. The van der Waals surface area contributed by atoms with Gasteiger partial charge in [0.25, 0.3) is 0 Å². The summed E-state index contributed by atoms with van der Waals surface area (Å²) in [5.41, 5.74) is 0. The molecule has 2 rings (SSSR count). The number of piperidine rings is 1. The van der Waals surface area contributed by atoms with Gasteiger partial charge in [-0.2, -0.15) is 0 Å². The molecule has 1 heterocycles. The second kappa shape index (κ2) is 6.29. The van der Waals surface area contributed by atoms with Crippen molar-refractivity contribution in [3.05, 3.63) is 29.0 Å². The molecule has 1 fully saturated rings. The molecule has 1 aromatic carbocycles. The summed E-state index contributed by atoms with van der Waals surface area (Å²) in [6.45, 7) is 0.492. The van der Waals surface area contributed by atoms with Gasteiger partial charge in [-0.1, -0.05) is 11.6 Å². The fourth-order valence-electron chi connectivity index (χ4n) is 2.18. The van der Waals surface area contributed by atoms with Crippen molar-refractivity contribution in [3.63, 3.8) is 0 Å². The average molecular weight is 336 g/mol. The number of esters is 1. The lowest BCUT2D eigenvalue weighted by atomic mass is 10.00. The van der Waals surface area contributed by atoms with Crippen molar-refractivity contribution in [2.24, 2.45) is 5.92 Å². The Balaban J connectivity index is 2.04. The summed E-state index contributed by atoms with van der Waals surface area (Å²) in [7, 11) is -3.33. The van der Waals surface area contributed by atoms with Crippen LogP contribution in [-0.2, 0) is 14.8 Å². The van der Waals surface area contributed by atoms with Crippen molar-refractivity contribution in [1.29, 1.82) is 0 Å². The van der Waals surface area contributed by atoms with Crippen molar-refractivity contribution in [2.45, 2.75) is 12.8 Å². The van der Waals surface area contributed by atoms with Gasteiger partial charge in [-0.3, -0.25) is 4.79 Å². The van der Waals surface area contributed by atoms with Crippen molar-refractivity contribution in [2.75, 3.05) is 19.3 Å². The Kier molecular flexibility index (Phi) is 4.85. The Hall–Kier alpha value is -1.18. The van der Waals surface area contributed by atoms with E-state index in [4.69, 9.17) is 16.3 Å². The van der Waals surface area contributed by atoms with Gasteiger partial charge in [0.1, 0.15) is 11.6 Å². The largest absolute Gasteiger partial charge is 0.426 e. The van der Waals surface area contributed by atoms with E-state index in [2.05, 4.69) is 0 Å². The molecular formula is C13H15ClFNO4S. The molecule has 0 aliphatic carbocycles. The summed E-state index contributed by atoms with van der Waals surface area (Å²) < 4.78 is 42.6. The average Bonchev–Trinajstić information content (AvgIpc) is 2.42. The summed E-state index contributed by atoms with van der Waals surface area (Å²) in [5.74, 6) is -1.74. The second-order valence-electron chi connectivity index (χ2n) is 4.96. The van der Waals surface area contributed by atoms with Crippen LogP contribution in [0.25, 0.3) is 0 Å². The lowest BCUT2D eigenvalue weighted by Gasteiger charge is -2.29. The first kappa shape index (κ1) is 16.2. The normalized spacial score (nSPS) is 20.2. The molecular weight excluding hydrogens is 321 g/mol. The van der Waals surface area contributed by atoms with Gasteiger partial charge < -0.3 is 4.74 Å². The maximum absolute atomic E-state index is 13.3. The Morgan fingerprint density at radius 3 is 2.81 bits per heavy atom. The molecule has 0 spiro atoms. The lowest BCUT2D eigenvalue weighted by Crippen LogP contribution is -2.42.